The second-order valence-corrected chi connectivity index (χ2v) is 23.5. The molecule has 0 aliphatic rings. The van der Waals surface area contributed by atoms with E-state index in [4.69, 9.17) is 30.0 Å². The molecule has 6 heteroatoms. The maximum absolute atomic E-state index is 10.7. The summed E-state index contributed by atoms with van der Waals surface area (Å²) in [5.41, 5.74) is -3.78. The van der Waals surface area contributed by atoms with Crippen LogP contribution in [0.1, 0.15) is 32.9 Å². The minimum Gasteiger partial charge on any atom is -0.0617 e. The summed E-state index contributed by atoms with van der Waals surface area (Å²) in [5.74, 6) is -1.80. The Bertz CT molecular complexity index is 5250. The predicted molar refractivity (Wildman–Crippen MR) is 288 cm³/mol. The van der Waals surface area contributed by atoms with E-state index >= 15 is 0 Å². The summed E-state index contributed by atoms with van der Waals surface area (Å²) in [6.07, 6.45) is 0. The van der Waals surface area contributed by atoms with Crippen LogP contribution in [-0.2, 0) is 0 Å². The van der Waals surface area contributed by atoms with Crippen LogP contribution in [-0.4, -0.2) is 37.4 Å². The molecule has 0 radical (unpaired) electrons. The Morgan fingerprint density at radius 3 is 1.45 bits per heavy atom. The zero-order chi connectivity index (χ0) is 66.6. The normalized spacial score (nSPS) is 16.6. The smallest absolute Gasteiger partial charge is 0.0617 e. The van der Waals surface area contributed by atoms with Gasteiger partial charge in [-0.1, -0.05) is 42.3 Å². The maximum atomic E-state index is 10.7. The van der Waals surface area contributed by atoms with Gasteiger partial charge in [-0.25, -0.2) is 0 Å². The fraction of sp³-hybridized carbons (Fsp3) is 0. The number of para-hydroxylation sites is 4. The molecule has 0 atom stereocenters. The van der Waals surface area contributed by atoms with E-state index < -0.39 is 214 Å². The van der Waals surface area contributed by atoms with E-state index in [1.807, 2.05) is 72.8 Å². The SMILES string of the molecule is [2H]c1c([2H])c([2H])c(-c2c([2H])c([2H])c3c(c2[2H])c2c([2H])c([2H])c([2H])c([2H])c2n3-c2nc(-c3ccccc3-n3c4c([2H])c([2H])c([2H])c([2H])c4c4c([2H])c([2H])c([2H])c([2H])c43)nc(-c3c([2H])c([2H])c([2H])[c]([Ge]([c]4ccccc4)([c]4ccccc4)[c]4ccccc4)c3[2H])n2)c([2H])c1[2H]. The molecular formula is C63H43GeN5. The molecule has 0 bridgehead atoms. The van der Waals surface area contributed by atoms with Gasteiger partial charge in [-0.3, -0.25) is 0 Å². The molecule has 0 aliphatic heterocycles. The van der Waals surface area contributed by atoms with Crippen molar-refractivity contribution in [2.75, 3.05) is 0 Å². The largest absolute Gasteiger partial charge is 0.0629 e. The van der Waals surface area contributed by atoms with E-state index in [0.717, 1.165) is 4.57 Å². The van der Waals surface area contributed by atoms with E-state index in [0.29, 0.717) is 13.2 Å². The molecule has 13 aromatic rings. The van der Waals surface area contributed by atoms with Gasteiger partial charge in [-0.2, -0.15) is 0 Å². The van der Waals surface area contributed by atoms with Gasteiger partial charge in [0.1, 0.15) is 0 Å². The first-order valence-corrected chi connectivity index (χ1v) is 25.7. The van der Waals surface area contributed by atoms with Crippen LogP contribution in [0.3, 0.4) is 0 Å². The van der Waals surface area contributed by atoms with Crippen LogP contribution in [0.2, 0.25) is 0 Å². The van der Waals surface area contributed by atoms with Gasteiger partial charge in [0, 0.05) is 0 Å². The number of fused-ring (bicyclic) bond motifs is 6. The second kappa shape index (κ2) is 16.9. The molecular weight excluding hydrogens is 899 g/mol. The predicted octanol–water partition coefficient (Wildman–Crippen LogP) is 12.4. The summed E-state index contributed by atoms with van der Waals surface area (Å²) in [4.78, 5) is 14.9. The molecule has 3 heterocycles. The van der Waals surface area contributed by atoms with Gasteiger partial charge in [0.25, 0.3) is 0 Å². The van der Waals surface area contributed by atoms with Crippen molar-refractivity contribution < 1.29 is 32.9 Å². The molecule has 0 aliphatic carbocycles. The summed E-state index contributed by atoms with van der Waals surface area (Å²) in [5, 5.41) is -1.56. The minimum absolute atomic E-state index is 0.0457. The molecule has 0 spiro atoms. The Morgan fingerprint density at radius 1 is 0.333 bits per heavy atom. The summed E-state index contributed by atoms with van der Waals surface area (Å²) in [6.45, 7) is 0. The van der Waals surface area contributed by atoms with Gasteiger partial charge in [-0.15, -0.1) is 0 Å². The van der Waals surface area contributed by atoms with E-state index in [2.05, 4.69) is 0 Å². The van der Waals surface area contributed by atoms with Gasteiger partial charge in [0.2, 0.25) is 0 Å². The average molecular weight is 967 g/mol. The van der Waals surface area contributed by atoms with Gasteiger partial charge in [-0.05, 0) is 0 Å². The molecule has 0 unspecified atom stereocenters. The van der Waals surface area contributed by atoms with Crippen LogP contribution in [0.4, 0.5) is 0 Å². The number of nitrogens with zero attached hydrogens (tertiary/aromatic N) is 5. The van der Waals surface area contributed by atoms with Crippen molar-refractivity contribution in [2.45, 2.75) is 0 Å². The standard InChI is InChI=1S/C63H43GeN5/c1-5-22-44(23-6-1)45-40-41-60-55(43-45)53-34-15-19-38-58(53)69(60)63-66-61(65-62(67-63)54-35-16-20-39-59(54)68-56-36-17-13-32-51(56)52-33-14-18-37-57(52)68)46-24-21-31-50(42-46)64(47-25-7-2-8-26-47,48-27-9-3-10-28-48)49-29-11-4-12-30-49/h1-43H/i1D,5D,6D,13D,14D,15D,17D,18D,19D,21D,22D,23D,24D,31D,32D,33D,34D,36D,37D,38D,40D,41D,42D,43D. The zero-order valence-electron chi connectivity index (χ0n) is 59.7. The van der Waals surface area contributed by atoms with Crippen molar-refractivity contribution in [1.29, 1.82) is 0 Å². The molecule has 10 aromatic carbocycles. The Balaban J connectivity index is 1.25. The molecule has 0 amide bonds. The summed E-state index contributed by atoms with van der Waals surface area (Å²) >= 11 is -4.89. The van der Waals surface area contributed by atoms with Crippen molar-refractivity contribution in [2.24, 2.45) is 0 Å². The van der Waals surface area contributed by atoms with Crippen LogP contribution in [0.25, 0.3) is 89.2 Å². The summed E-state index contributed by atoms with van der Waals surface area (Å²) < 4.78 is 227. The van der Waals surface area contributed by atoms with Gasteiger partial charge in [0.15, 0.2) is 0 Å². The molecule has 69 heavy (non-hydrogen) atoms. The quantitative estimate of drug-likeness (QED) is 0.135. The van der Waals surface area contributed by atoms with Crippen LogP contribution < -0.4 is 17.6 Å². The average Bonchev–Trinajstić information content (AvgIpc) is 1.66. The topological polar surface area (TPSA) is 48.5 Å². The molecule has 324 valence electrons. The van der Waals surface area contributed by atoms with Crippen molar-refractivity contribution in [1.82, 2.24) is 24.1 Å². The van der Waals surface area contributed by atoms with Crippen LogP contribution >= 0.6 is 0 Å². The molecule has 5 nitrogen and oxygen atoms in total. The van der Waals surface area contributed by atoms with Crippen LogP contribution in [0, 0.1) is 0 Å². The van der Waals surface area contributed by atoms with Crippen molar-refractivity contribution in [3.05, 3.63) is 260 Å². The van der Waals surface area contributed by atoms with Gasteiger partial charge >= 0.3 is 380 Å². The minimum atomic E-state index is -4.89. The third kappa shape index (κ3) is 6.73. The Labute approximate surface area is 436 Å². The maximum Gasteiger partial charge on any atom is 0.0629 e. The first-order valence-electron chi connectivity index (χ1n) is 33.5. The first-order chi connectivity index (χ1) is 44.2. The van der Waals surface area contributed by atoms with Crippen LogP contribution in [0.5, 0.6) is 0 Å². The van der Waals surface area contributed by atoms with E-state index in [-0.39, 0.29) is 37.5 Å². The third-order valence-electron chi connectivity index (χ3n) is 12.0. The second-order valence-electron chi connectivity index (χ2n) is 15.7. The number of aromatic nitrogens is 5. The van der Waals surface area contributed by atoms with E-state index in [9.17, 15) is 17.8 Å². The fourth-order valence-corrected chi connectivity index (χ4v) is 18.5. The fourth-order valence-electron chi connectivity index (χ4n) is 9.07. The Hall–Kier alpha value is -8.65. The van der Waals surface area contributed by atoms with Crippen LogP contribution in [0.15, 0.2) is 260 Å². The third-order valence-corrected chi connectivity index (χ3v) is 21.6. The summed E-state index contributed by atoms with van der Waals surface area (Å²) in [6, 6.07) is 15.3. The monoisotopic (exact) mass is 967 g/mol. The van der Waals surface area contributed by atoms with Crippen molar-refractivity contribution >= 4 is 74.5 Å². The molecule has 0 N–H and O–H groups in total. The van der Waals surface area contributed by atoms with E-state index in [1.165, 1.54) is 28.8 Å². The molecule has 0 saturated heterocycles. The first kappa shape index (κ1) is 22.9. The Morgan fingerprint density at radius 2 is 0.826 bits per heavy atom. The zero-order valence-corrected chi connectivity index (χ0v) is 37.8. The van der Waals surface area contributed by atoms with Gasteiger partial charge in [0.05, 0.1) is 15.1 Å². The van der Waals surface area contributed by atoms with Crippen molar-refractivity contribution in [3.63, 3.8) is 0 Å². The van der Waals surface area contributed by atoms with E-state index in [1.54, 1.807) is 18.2 Å². The molecule has 0 saturated carbocycles. The summed E-state index contributed by atoms with van der Waals surface area (Å²) in [7, 11) is 0. The number of hydrogen-bond acceptors (Lipinski definition) is 3. The molecule has 13 rings (SSSR count). The molecule has 0 fully saturated rings. The number of hydrogen-bond donors (Lipinski definition) is 0. The number of rotatable bonds is 9. The Kier molecular flexibility index (Phi) is 5.61. The molecule has 3 aromatic heterocycles. The van der Waals surface area contributed by atoms with Gasteiger partial charge < -0.3 is 0 Å². The van der Waals surface area contributed by atoms with Crippen molar-refractivity contribution in [3.8, 4) is 45.5 Å². The number of benzene rings is 10.